The molecule has 0 unspecified atom stereocenters. The molecule has 0 atom stereocenters. The number of aromatic nitrogens is 2. The van der Waals surface area contributed by atoms with Crippen molar-refractivity contribution in [2.24, 2.45) is 0 Å². The summed E-state index contributed by atoms with van der Waals surface area (Å²) in [5, 5.41) is 6.36. The maximum absolute atomic E-state index is 13.3. The zero-order valence-electron chi connectivity index (χ0n) is 14.6. The number of halogens is 2. The monoisotopic (exact) mass is 383 g/mol. The molecule has 1 saturated heterocycles. The summed E-state index contributed by atoms with van der Waals surface area (Å²) in [5.41, 5.74) is 2.81. The highest BCUT2D eigenvalue weighted by Gasteiger charge is 2.12. The summed E-state index contributed by atoms with van der Waals surface area (Å²) >= 11 is 5.81. The molecule has 27 heavy (non-hydrogen) atoms. The van der Waals surface area contributed by atoms with Gasteiger partial charge in [0.2, 0.25) is 5.95 Å². The molecule has 1 aliphatic rings. The van der Waals surface area contributed by atoms with Gasteiger partial charge in [0.15, 0.2) is 0 Å². The highest BCUT2D eigenvalue weighted by atomic mass is 35.5. The molecule has 0 amide bonds. The first kappa shape index (κ1) is 17.5. The molecule has 0 bridgehead atoms. The zero-order chi connectivity index (χ0) is 18.6. The lowest BCUT2D eigenvalue weighted by molar-refractivity contribution is 0.628. The number of hydrogen-bond donors (Lipinski definition) is 2. The third-order valence-electron chi connectivity index (χ3n) is 4.44. The van der Waals surface area contributed by atoms with Gasteiger partial charge in [0.1, 0.15) is 11.6 Å². The Morgan fingerprint density at radius 3 is 2.41 bits per heavy atom. The molecule has 0 radical (unpaired) electrons. The third-order valence-corrected chi connectivity index (χ3v) is 4.73. The van der Waals surface area contributed by atoms with Gasteiger partial charge < -0.3 is 15.5 Å². The van der Waals surface area contributed by atoms with Gasteiger partial charge in [-0.3, -0.25) is 0 Å². The quantitative estimate of drug-likeness (QED) is 0.621. The smallest absolute Gasteiger partial charge is 0.229 e. The van der Waals surface area contributed by atoms with Crippen molar-refractivity contribution < 1.29 is 4.39 Å². The van der Waals surface area contributed by atoms with Crippen molar-refractivity contribution in [3.63, 3.8) is 0 Å². The predicted molar refractivity (Wildman–Crippen MR) is 108 cm³/mol. The molecular formula is C20H19ClFN5. The third kappa shape index (κ3) is 4.28. The Balaban J connectivity index is 1.45. The van der Waals surface area contributed by atoms with Gasteiger partial charge in [0, 0.05) is 36.3 Å². The maximum atomic E-state index is 13.3. The van der Waals surface area contributed by atoms with Crippen LogP contribution in [0.3, 0.4) is 0 Å². The fourth-order valence-corrected chi connectivity index (χ4v) is 3.25. The predicted octanol–water partition coefficient (Wildman–Crippen LogP) is 5.36. The Labute approximate surface area is 162 Å². The van der Waals surface area contributed by atoms with Crippen molar-refractivity contribution >= 4 is 40.4 Å². The molecule has 138 valence electrons. The molecule has 0 saturated carbocycles. The molecule has 1 aliphatic heterocycles. The lowest BCUT2D eigenvalue weighted by atomic mass is 10.2. The molecule has 2 N–H and O–H groups in total. The molecule has 2 aromatic carbocycles. The van der Waals surface area contributed by atoms with Gasteiger partial charge in [-0.2, -0.15) is 4.98 Å². The van der Waals surface area contributed by atoms with Crippen LogP contribution in [0.15, 0.2) is 54.7 Å². The normalized spacial score (nSPS) is 13.6. The van der Waals surface area contributed by atoms with Gasteiger partial charge in [-0.15, -0.1) is 0 Å². The van der Waals surface area contributed by atoms with E-state index in [1.54, 1.807) is 18.3 Å². The molecule has 0 aliphatic carbocycles. The topological polar surface area (TPSA) is 53.1 Å². The number of hydrogen-bond acceptors (Lipinski definition) is 5. The van der Waals surface area contributed by atoms with Crippen LogP contribution in [-0.2, 0) is 0 Å². The lowest BCUT2D eigenvalue weighted by Crippen LogP contribution is -2.17. The van der Waals surface area contributed by atoms with Crippen LogP contribution in [-0.4, -0.2) is 23.1 Å². The molecule has 7 heteroatoms. The molecule has 1 fully saturated rings. The minimum atomic E-state index is -0.454. The van der Waals surface area contributed by atoms with Crippen LogP contribution < -0.4 is 15.5 Å². The summed E-state index contributed by atoms with van der Waals surface area (Å²) < 4.78 is 13.3. The van der Waals surface area contributed by atoms with Gasteiger partial charge in [-0.25, -0.2) is 9.37 Å². The Morgan fingerprint density at radius 1 is 0.926 bits per heavy atom. The molecular weight excluding hydrogens is 365 g/mol. The van der Waals surface area contributed by atoms with Crippen LogP contribution in [0.2, 0.25) is 5.02 Å². The van der Waals surface area contributed by atoms with Crippen molar-refractivity contribution in [3.8, 4) is 0 Å². The highest BCUT2D eigenvalue weighted by molar-refractivity contribution is 6.31. The summed E-state index contributed by atoms with van der Waals surface area (Å²) in [6.45, 7) is 2.24. The second-order valence-corrected chi connectivity index (χ2v) is 6.79. The van der Waals surface area contributed by atoms with Crippen LogP contribution in [0.4, 0.5) is 33.2 Å². The van der Waals surface area contributed by atoms with Crippen molar-refractivity contribution in [3.05, 3.63) is 65.6 Å². The SMILES string of the molecule is Fc1ccc(Nc2ccnc(Nc3ccc(N4CCCC4)cc3)n2)cc1Cl. The average molecular weight is 384 g/mol. The van der Waals surface area contributed by atoms with Crippen molar-refractivity contribution in [1.82, 2.24) is 9.97 Å². The van der Waals surface area contributed by atoms with E-state index in [1.807, 2.05) is 12.1 Å². The van der Waals surface area contributed by atoms with Crippen molar-refractivity contribution in [2.45, 2.75) is 12.8 Å². The van der Waals surface area contributed by atoms with Crippen LogP contribution in [0.25, 0.3) is 0 Å². The van der Waals surface area contributed by atoms with Crippen LogP contribution in [0, 0.1) is 5.82 Å². The summed E-state index contributed by atoms with van der Waals surface area (Å²) in [7, 11) is 0. The van der Waals surface area contributed by atoms with E-state index in [0.29, 0.717) is 17.5 Å². The van der Waals surface area contributed by atoms with Gasteiger partial charge in [-0.05, 0) is 61.4 Å². The fourth-order valence-electron chi connectivity index (χ4n) is 3.07. The average Bonchev–Trinajstić information content (AvgIpc) is 3.21. The molecule has 0 spiro atoms. The second kappa shape index (κ2) is 7.80. The largest absolute Gasteiger partial charge is 0.372 e. The standard InChI is InChI=1S/C20H19ClFN5/c21-17-13-15(5-8-18(17)22)24-19-9-10-23-20(26-19)25-14-3-6-16(7-4-14)27-11-1-2-12-27/h3-10,13H,1-2,11-12H2,(H2,23,24,25,26). The molecule has 4 rings (SSSR count). The number of nitrogens with one attached hydrogen (secondary N) is 2. The highest BCUT2D eigenvalue weighted by Crippen LogP contribution is 2.24. The van der Waals surface area contributed by atoms with Crippen molar-refractivity contribution in [1.29, 1.82) is 0 Å². The summed E-state index contributed by atoms with van der Waals surface area (Å²) in [6, 6.07) is 14.4. The van der Waals surface area contributed by atoms with E-state index in [1.165, 1.54) is 30.7 Å². The first-order valence-corrected chi connectivity index (χ1v) is 9.22. The van der Waals surface area contributed by atoms with E-state index in [2.05, 4.69) is 37.6 Å². The molecule has 5 nitrogen and oxygen atoms in total. The number of nitrogens with zero attached hydrogens (tertiary/aromatic N) is 3. The Hall–Kier alpha value is -2.86. The van der Waals surface area contributed by atoms with Crippen LogP contribution >= 0.6 is 11.6 Å². The summed E-state index contributed by atoms with van der Waals surface area (Å²) in [4.78, 5) is 11.1. The first-order valence-electron chi connectivity index (χ1n) is 8.84. The van der Waals surface area contributed by atoms with E-state index >= 15 is 0 Å². The maximum Gasteiger partial charge on any atom is 0.229 e. The van der Waals surface area contributed by atoms with E-state index in [-0.39, 0.29) is 5.02 Å². The van der Waals surface area contributed by atoms with E-state index in [9.17, 15) is 4.39 Å². The Kier molecular flexibility index (Phi) is 5.07. The van der Waals surface area contributed by atoms with Crippen LogP contribution in [0.1, 0.15) is 12.8 Å². The zero-order valence-corrected chi connectivity index (χ0v) is 15.4. The number of benzene rings is 2. The van der Waals surface area contributed by atoms with Gasteiger partial charge >= 0.3 is 0 Å². The minimum Gasteiger partial charge on any atom is -0.372 e. The summed E-state index contributed by atoms with van der Waals surface area (Å²) in [6.07, 6.45) is 4.17. The number of rotatable bonds is 5. The van der Waals surface area contributed by atoms with Gasteiger partial charge in [0.25, 0.3) is 0 Å². The van der Waals surface area contributed by atoms with E-state index < -0.39 is 5.82 Å². The van der Waals surface area contributed by atoms with Gasteiger partial charge in [0.05, 0.1) is 5.02 Å². The van der Waals surface area contributed by atoms with E-state index in [4.69, 9.17) is 11.6 Å². The van der Waals surface area contributed by atoms with Crippen LogP contribution in [0.5, 0.6) is 0 Å². The first-order chi connectivity index (χ1) is 13.2. The Morgan fingerprint density at radius 2 is 1.67 bits per heavy atom. The fraction of sp³-hybridized carbons (Fsp3) is 0.200. The summed E-state index contributed by atoms with van der Waals surface area (Å²) in [5.74, 6) is 0.607. The van der Waals surface area contributed by atoms with Crippen molar-refractivity contribution in [2.75, 3.05) is 28.6 Å². The second-order valence-electron chi connectivity index (χ2n) is 6.39. The van der Waals surface area contributed by atoms with Gasteiger partial charge in [-0.1, -0.05) is 11.6 Å². The minimum absolute atomic E-state index is 0.0606. The number of anilines is 5. The molecule has 3 aromatic rings. The molecule has 1 aromatic heterocycles. The lowest BCUT2D eigenvalue weighted by Gasteiger charge is -2.17. The molecule has 2 heterocycles. The van der Waals surface area contributed by atoms with E-state index in [0.717, 1.165) is 18.8 Å². The Bertz CT molecular complexity index is 926.